The second-order valence-corrected chi connectivity index (χ2v) is 9.26. The van der Waals surface area contributed by atoms with Crippen LogP contribution in [0.4, 0.5) is 0 Å². The molecule has 0 aromatic carbocycles. The summed E-state index contributed by atoms with van der Waals surface area (Å²) < 4.78 is 5.22. The maximum Gasteiger partial charge on any atom is 0.259 e. The molecule has 4 rings (SSSR count). The van der Waals surface area contributed by atoms with Gasteiger partial charge in [-0.05, 0) is 24.7 Å². The van der Waals surface area contributed by atoms with Crippen molar-refractivity contribution in [2.24, 2.45) is 5.41 Å². The Balaban J connectivity index is 1.42. The number of likely N-dealkylation sites (tertiary alicyclic amines) is 2. The number of halogens is 1. The van der Waals surface area contributed by atoms with E-state index in [2.05, 4.69) is 10.2 Å². The summed E-state index contributed by atoms with van der Waals surface area (Å²) in [6, 6.07) is 0.162. The largest absolute Gasteiger partial charge is 0.384 e. The summed E-state index contributed by atoms with van der Waals surface area (Å²) in [6.45, 7) is 5.81. The molecular weight excluding hydrogens is 368 g/mol. The smallest absolute Gasteiger partial charge is 0.259 e. The van der Waals surface area contributed by atoms with Gasteiger partial charge >= 0.3 is 0 Å². The van der Waals surface area contributed by atoms with Crippen LogP contribution in [0.15, 0.2) is 0 Å². The van der Waals surface area contributed by atoms with Gasteiger partial charge in [-0.1, -0.05) is 25.4 Å². The number of carbonyl (C=O) groups is 2. The molecule has 8 heteroatoms. The standard InChI is InChI=1S/C19H27ClN4O3/c1-19(2,10-27-3)7-14(25)23-8-13-6-12(23)9-24(13)18(26)15-16(11-4-5-11)21-22-17(15)20/h11-13H,4-10H2,1-3H3,(H,21,22)/t12-,13-/m0/s1. The van der Waals surface area contributed by atoms with E-state index in [9.17, 15) is 9.59 Å². The Kier molecular flexibility index (Phi) is 4.71. The maximum atomic E-state index is 13.1. The van der Waals surface area contributed by atoms with Gasteiger partial charge in [0.15, 0.2) is 5.15 Å². The molecule has 3 heterocycles. The van der Waals surface area contributed by atoms with Gasteiger partial charge in [0.2, 0.25) is 5.91 Å². The van der Waals surface area contributed by atoms with E-state index < -0.39 is 0 Å². The molecule has 1 aliphatic carbocycles. The van der Waals surface area contributed by atoms with Crippen LogP contribution in [0.3, 0.4) is 0 Å². The Morgan fingerprint density at radius 2 is 1.93 bits per heavy atom. The van der Waals surface area contributed by atoms with Crippen molar-refractivity contribution in [2.75, 3.05) is 26.8 Å². The molecule has 1 saturated carbocycles. The van der Waals surface area contributed by atoms with Crippen LogP contribution in [0.1, 0.15) is 61.5 Å². The molecule has 2 aliphatic heterocycles. The van der Waals surface area contributed by atoms with Crippen LogP contribution in [0.5, 0.6) is 0 Å². The number of methoxy groups -OCH3 is 1. The van der Waals surface area contributed by atoms with E-state index in [4.69, 9.17) is 16.3 Å². The predicted octanol–water partition coefficient (Wildman–Crippen LogP) is 2.43. The number of nitrogens with zero attached hydrogens (tertiary/aromatic N) is 3. The molecule has 148 valence electrons. The van der Waals surface area contributed by atoms with E-state index >= 15 is 0 Å². The minimum Gasteiger partial charge on any atom is -0.384 e. The number of fused-ring (bicyclic) bond motifs is 2. The van der Waals surface area contributed by atoms with Crippen LogP contribution in [-0.2, 0) is 9.53 Å². The maximum absolute atomic E-state index is 13.1. The van der Waals surface area contributed by atoms with Crippen molar-refractivity contribution in [3.05, 3.63) is 16.4 Å². The van der Waals surface area contributed by atoms with Crippen molar-refractivity contribution in [1.82, 2.24) is 20.0 Å². The number of nitrogens with one attached hydrogen (secondary N) is 1. The van der Waals surface area contributed by atoms with Crippen LogP contribution < -0.4 is 0 Å². The van der Waals surface area contributed by atoms with E-state index in [1.807, 2.05) is 23.6 Å². The van der Waals surface area contributed by atoms with Gasteiger partial charge in [-0.25, -0.2) is 0 Å². The first-order valence-electron chi connectivity index (χ1n) is 9.64. The highest BCUT2D eigenvalue weighted by atomic mass is 35.5. The van der Waals surface area contributed by atoms with Crippen molar-refractivity contribution < 1.29 is 14.3 Å². The van der Waals surface area contributed by atoms with Crippen molar-refractivity contribution in [3.8, 4) is 0 Å². The number of amides is 2. The summed E-state index contributed by atoms with van der Waals surface area (Å²) in [6.07, 6.45) is 3.45. The number of ether oxygens (including phenoxy) is 1. The van der Waals surface area contributed by atoms with Gasteiger partial charge in [-0.2, -0.15) is 5.10 Å². The molecule has 2 bridgehead atoms. The number of carbonyl (C=O) groups excluding carboxylic acids is 2. The molecule has 2 amide bonds. The van der Waals surface area contributed by atoms with Gasteiger partial charge in [0.25, 0.3) is 5.91 Å². The Hall–Kier alpha value is -1.60. The van der Waals surface area contributed by atoms with E-state index in [0.29, 0.717) is 37.6 Å². The molecule has 2 saturated heterocycles. The molecule has 1 aromatic heterocycles. The van der Waals surface area contributed by atoms with Gasteiger partial charge in [-0.3, -0.25) is 14.7 Å². The number of hydrogen-bond donors (Lipinski definition) is 1. The highest BCUT2D eigenvalue weighted by Gasteiger charge is 2.48. The Bertz CT molecular complexity index is 758. The van der Waals surface area contributed by atoms with Crippen molar-refractivity contribution >= 4 is 23.4 Å². The normalized spacial score (nSPS) is 24.7. The highest BCUT2D eigenvalue weighted by Crippen LogP contribution is 2.43. The monoisotopic (exact) mass is 394 g/mol. The van der Waals surface area contributed by atoms with E-state index in [1.165, 1.54) is 0 Å². The van der Waals surface area contributed by atoms with Crippen LogP contribution in [0.2, 0.25) is 5.15 Å². The minimum absolute atomic E-state index is 0.0463. The average molecular weight is 395 g/mol. The third-order valence-corrected chi connectivity index (χ3v) is 6.21. The van der Waals surface area contributed by atoms with Gasteiger partial charge in [0.05, 0.1) is 29.9 Å². The summed E-state index contributed by atoms with van der Waals surface area (Å²) in [5, 5.41) is 7.26. The van der Waals surface area contributed by atoms with Crippen LogP contribution in [-0.4, -0.2) is 70.7 Å². The molecule has 27 heavy (non-hydrogen) atoms. The summed E-state index contributed by atoms with van der Waals surface area (Å²) in [5.41, 5.74) is 1.22. The van der Waals surface area contributed by atoms with Gasteiger partial charge in [-0.15, -0.1) is 0 Å². The van der Waals surface area contributed by atoms with Crippen LogP contribution in [0, 0.1) is 5.41 Å². The molecule has 0 spiro atoms. The molecule has 3 fully saturated rings. The average Bonchev–Trinajstić information content (AvgIpc) is 3.06. The first kappa shape index (κ1) is 18.7. The number of H-pyrrole nitrogens is 1. The third kappa shape index (κ3) is 3.47. The molecule has 0 unspecified atom stereocenters. The second kappa shape index (κ2) is 6.78. The lowest BCUT2D eigenvalue weighted by atomic mass is 9.89. The summed E-state index contributed by atoms with van der Waals surface area (Å²) in [5.74, 6) is 0.483. The quantitative estimate of drug-likeness (QED) is 0.803. The molecule has 3 aliphatic rings. The summed E-state index contributed by atoms with van der Waals surface area (Å²) >= 11 is 6.21. The van der Waals surface area contributed by atoms with Crippen molar-refractivity contribution in [2.45, 2.75) is 57.5 Å². The fraction of sp³-hybridized carbons (Fsp3) is 0.737. The van der Waals surface area contributed by atoms with Gasteiger partial charge in [0, 0.05) is 32.5 Å². The molecule has 1 N–H and O–H groups in total. The van der Waals surface area contributed by atoms with Crippen LogP contribution in [0.25, 0.3) is 0 Å². The molecule has 0 radical (unpaired) electrons. The lowest BCUT2D eigenvalue weighted by Crippen LogP contribution is -2.51. The van der Waals surface area contributed by atoms with Crippen molar-refractivity contribution in [3.63, 3.8) is 0 Å². The predicted molar refractivity (Wildman–Crippen MR) is 101 cm³/mol. The number of piperazine rings is 1. The SMILES string of the molecule is COCC(C)(C)CC(=O)N1C[C@@H]2C[C@H]1CN2C(=O)c1c(Cl)n[nH]c1C1CC1. The lowest BCUT2D eigenvalue weighted by molar-refractivity contribution is -0.136. The number of hydrogen-bond acceptors (Lipinski definition) is 4. The van der Waals surface area contributed by atoms with Gasteiger partial charge in [0.1, 0.15) is 0 Å². The van der Waals surface area contributed by atoms with Crippen LogP contribution >= 0.6 is 11.6 Å². The molecule has 1 aromatic rings. The zero-order valence-corrected chi connectivity index (χ0v) is 16.9. The number of aromatic amines is 1. The second-order valence-electron chi connectivity index (χ2n) is 8.90. The topological polar surface area (TPSA) is 78.5 Å². The Morgan fingerprint density at radius 3 is 2.52 bits per heavy atom. The third-order valence-electron chi connectivity index (χ3n) is 5.94. The fourth-order valence-electron chi connectivity index (χ4n) is 4.52. The summed E-state index contributed by atoms with van der Waals surface area (Å²) in [4.78, 5) is 29.7. The number of aromatic nitrogens is 2. The van der Waals surface area contributed by atoms with E-state index in [0.717, 1.165) is 25.0 Å². The molecule has 2 atom stereocenters. The zero-order chi connectivity index (χ0) is 19.3. The molecule has 7 nitrogen and oxygen atoms in total. The lowest BCUT2D eigenvalue weighted by Gasteiger charge is -2.36. The van der Waals surface area contributed by atoms with Crippen molar-refractivity contribution in [1.29, 1.82) is 0 Å². The molecular formula is C19H27ClN4O3. The zero-order valence-electron chi connectivity index (χ0n) is 16.1. The van der Waals surface area contributed by atoms with Gasteiger partial charge < -0.3 is 14.5 Å². The highest BCUT2D eigenvalue weighted by molar-refractivity contribution is 6.32. The fourth-order valence-corrected chi connectivity index (χ4v) is 4.75. The first-order valence-corrected chi connectivity index (χ1v) is 10.0. The van der Waals surface area contributed by atoms with E-state index in [-0.39, 0.29) is 34.5 Å². The minimum atomic E-state index is -0.188. The first-order chi connectivity index (χ1) is 12.8. The number of rotatable bonds is 6. The Labute approximate surface area is 164 Å². The summed E-state index contributed by atoms with van der Waals surface area (Å²) in [7, 11) is 1.66. The van der Waals surface area contributed by atoms with E-state index in [1.54, 1.807) is 7.11 Å². The Morgan fingerprint density at radius 1 is 1.26 bits per heavy atom.